The smallest absolute Gasteiger partial charge is 0.228 e. The highest BCUT2D eigenvalue weighted by Gasteiger charge is 2.12. The first-order valence-electron chi connectivity index (χ1n) is 7.03. The molecule has 0 bridgehead atoms. The number of fused-ring (bicyclic) bond motifs is 1. The zero-order valence-corrected chi connectivity index (χ0v) is 12.2. The molecule has 0 N–H and O–H groups in total. The normalized spacial score (nSPS) is 10.8. The van der Waals surface area contributed by atoms with Gasteiger partial charge in [0, 0.05) is 26.0 Å². The lowest BCUT2D eigenvalue weighted by molar-refractivity contribution is -0.129. The van der Waals surface area contributed by atoms with Crippen molar-refractivity contribution in [3.05, 3.63) is 71.9 Å². The van der Waals surface area contributed by atoms with Crippen molar-refractivity contribution in [2.45, 2.75) is 13.0 Å². The van der Waals surface area contributed by atoms with Gasteiger partial charge in [0.1, 0.15) is 11.5 Å². The van der Waals surface area contributed by atoms with Crippen molar-refractivity contribution in [2.75, 3.05) is 7.05 Å². The Kier molecular flexibility index (Phi) is 3.87. The van der Waals surface area contributed by atoms with Gasteiger partial charge in [0.2, 0.25) is 5.91 Å². The Hall–Kier alpha value is -2.69. The van der Waals surface area contributed by atoms with Gasteiger partial charge in [0.25, 0.3) is 0 Å². The maximum atomic E-state index is 13.2. The lowest BCUT2D eigenvalue weighted by Gasteiger charge is -2.16. The highest BCUT2D eigenvalue weighted by molar-refractivity contribution is 5.78. The van der Waals surface area contributed by atoms with Crippen LogP contribution in [0, 0.1) is 5.82 Å². The number of benzene rings is 1. The standard InChI is InChI=1S/C17H16FN3O/c1-20(10-13-5-3-2-4-6-13)17(22)9-15-12-21-11-14(18)7-8-16(21)19-15/h2-8,11-12H,9-10H2,1H3. The van der Waals surface area contributed by atoms with Gasteiger partial charge in [0.15, 0.2) is 0 Å². The second-order valence-corrected chi connectivity index (χ2v) is 5.26. The van der Waals surface area contributed by atoms with Crippen LogP contribution in [0.2, 0.25) is 0 Å². The maximum Gasteiger partial charge on any atom is 0.228 e. The molecule has 0 saturated heterocycles. The number of hydrogen-bond acceptors (Lipinski definition) is 2. The summed E-state index contributed by atoms with van der Waals surface area (Å²) in [6.45, 7) is 0.557. The average Bonchev–Trinajstić information content (AvgIpc) is 2.89. The van der Waals surface area contributed by atoms with Crippen molar-refractivity contribution in [3.63, 3.8) is 0 Å². The van der Waals surface area contributed by atoms with Crippen molar-refractivity contribution in [1.82, 2.24) is 14.3 Å². The van der Waals surface area contributed by atoms with Crippen molar-refractivity contribution >= 4 is 11.6 Å². The van der Waals surface area contributed by atoms with E-state index in [9.17, 15) is 9.18 Å². The largest absolute Gasteiger partial charge is 0.341 e. The van der Waals surface area contributed by atoms with Crippen LogP contribution >= 0.6 is 0 Å². The third-order valence-electron chi connectivity index (χ3n) is 3.49. The Morgan fingerprint density at radius 1 is 1.18 bits per heavy atom. The van der Waals surface area contributed by atoms with Gasteiger partial charge in [0.05, 0.1) is 12.1 Å². The molecule has 1 aromatic carbocycles. The van der Waals surface area contributed by atoms with E-state index in [1.54, 1.807) is 28.6 Å². The lowest BCUT2D eigenvalue weighted by Crippen LogP contribution is -2.27. The summed E-state index contributed by atoms with van der Waals surface area (Å²) in [5.41, 5.74) is 2.35. The third kappa shape index (κ3) is 3.14. The minimum atomic E-state index is -0.330. The van der Waals surface area contributed by atoms with E-state index in [4.69, 9.17) is 0 Å². The van der Waals surface area contributed by atoms with Gasteiger partial charge in [-0.2, -0.15) is 0 Å². The SMILES string of the molecule is CN(Cc1ccccc1)C(=O)Cc1cn2cc(F)ccc2n1. The molecular formula is C17H16FN3O. The van der Waals surface area contributed by atoms with E-state index in [-0.39, 0.29) is 18.1 Å². The molecule has 0 unspecified atom stereocenters. The third-order valence-corrected chi connectivity index (χ3v) is 3.49. The molecule has 0 atom stereocenters. The van der Waals surface area contributed by atoms with Gasteiger partial charge in [-0.25, -0.2) is 9.37 Å². The molecule has 0 aliphatic heterocycles. The molecule has 112 valence electrons. The molecular weight excluding hydrogens is 281 g/mol. The van der Waals surface area contributed by atoms with E-state index >= 15 is 0 Å². The van der Waals surface area contributed by atoms with E-state index in [0.717, 1.165) is 5.56 Å². The molecule has 2 aromatic heterocycles. The highest BCUT2D eigenvalue weighted by Crippen LogP contribution is 2.09. The van der Waals surface area contributed by atoms with Gasteiger partial charge in [-0.3, -0.25) is 4.79 Å². The molecule has 0 aliphatic carbocycles. The molecule has 0 saturated carbocycles. The molecule has 0 radical (unpaired) electrons. The fraction of sp³-hybridized carbons (Fsp3) is 0.176. The van der Waals surface area contributed by atoms with Gasteiger partial charge in [-0.1, -0.05) is 30.3 Å². The predicted octanol–water partition coefficient (Wildman–Crippen LogP) is 2.67. The fourth-order valence-electron chi connectivity index (χ4n) is 2.34. The molecule has 22 heavy (non-hydrogen) atoms. The van der Waals surface area contributed by atoms with E-state index < -0.39 is 0 Å². The summed E-state index contributed by atoms with van der Waals surface area (Å²) in [6.07, 6.45) is 3.24. The van der Waals surface area contributed by atoms with E-state index in [2.05, 4.69) is 4.98 Å². The zero-order valence-electron chi connectivity index (χ0n) is 12.2. The van der Waals surface area contributed by atoms with E-state index in [1.165, 1.54) is 12.3 Å². The van der Waals surface area contributed by atoms with Crippen LogP contribution in [-0.2, 0) is 17.8 Å². The number of imidazole rings is 1. The molecule has 0 fully saturated rings. The average molecular weight is 297 g/mol. The van der Waals surface area contributed by atoms with Crippen molar-refractivity contribution < 1.29 is 9.18 Å². The van der Waals surface area contributed by atoms with Crippen LogP contribution < -0.4 is 0 Å². The highest BCUT2D eigenvalue weighted by atomic mass is 19.1. The summed E-state index contributed by atoms with van der Waals surface area (Å²) in [6, 6.07) is 12.8. The second-order valence-electron chi connectivity index (χ2n) is 5.26. The number of amides is 1. The number of nitrogens with zero attached hydrogens (tertiary/aromatic N) is 3. The van der Waals surface area contributed by atoms with Crippen molar-refractivity contribution in [3.8, 4) is 0 Å². The molecule has 1 amide bonds. The second kappa shape index (κ2) is 5.97. The number of carbonyl (C=O) groups is 1. The van der Waals surface area contributed by atoms with Gasteiger partial charge < -0.3 is 9.30 Å². The quantitative estimate of drug-likeness (QED) is 0.742. The minimum Gasteiger partial charge on any atom is -0.341 e. The number of pyridine rings is 1. The van der Waals surface area contributed by atoms with E-state index in [0.29, 0.717) is 17.9 Å². The van der Waals surface area contributed by atoms with Crippen LogP contribution in [-0.4, -0.2) is 27.2 Å². The lowest BCUT2D eigenvalue weighted by atomic mass is 10.2. The summed E-state index contributed by atoms with van der Waals surface area (Å²) in [4.78, 5) is 18.3. The van der Waals surface area contributed by atoms with Gasteiger partial charge >= 0.3 is 0 Å². The number of hydrogen-bond donors (Lipinski definition) is 0. The van der Waals surface area contributed by atoms with Gasteiger partial charge in [-0.15, -0.1) is 0 Å². The molecule has 3 rings (SSSR count). The fourth-order valence-corrected chi connectivity index (χ4v) is 2.34. The first-order valence-corrected chi connectivity index (χ1v) is 7.03. The Morgan fingerprint density at radius 2 is 1.95 bits per heavy atom. The van der Waals surface area contributed by atoms with Crippen molar-refractivity contribution in [2.24, 2.45) is 0 Å². The zero-order chi connectivity index (χ0) is 15.5. The molecule has 5 heteroatoms. The van der Waals surface area contributed by atoms with Crippen molar-refractivity contribution in [1.29, 1.82) is 0 Å². The van der Waals surface area contributed by atoms with Crippen LogP contribution in [0.25, 0.3) is 5.65 Å². The Bertz CT molecular complexity index is 798. The summed E-state index contributed by atoms with van der Waals surface area (Å²) in [5, 5.41) is 0. The van der Waals surface area contributed by atoms with Crippen LogP contribution in [0.15, 0.2) is 54.9 Å². The Balaban J connectivity index is 1.69. The van der Waals surface area contributed by atoms with Gasteiger partial charge in [-0.05, 0) is 17.7 Å². The minimum absolute atomic E-state index is 0.0206. The molecule has 3 aromatic rings. The first kappa shape index (κ1) is 14.3. The molecule has 0 spiro atoms. The number of likely N-dealkylation sites (N-methyl/N-ethyl adjacent to an activating group) is 1. The topological polar surface area (TPSA) is 37.6 Å². The monoisotopic (exact) mass is 297 g/mol. The van der Waals surface area contributed by atoms with Crippen LogP contribution in [0.3, 0.4) is 0 Å². The first-order chi connectivity index (χ1) is 10.6. The van der Waals surface area contributed by atoms with Crippen LogP contribution in [0.1, 0.15) is 11.3 Å². The summed E-state index contributed by atoms with van der Waals surface area (Å²) in [7, 11) is 1.77. The molecule has 4 nitrogen and oxygen atoms in total. The number of halogens is 1. The summed E-state index contributed by atoms with van der Waals surface area (Å²) >= 11 is 0. The predicted molar refractivity (Wildman–Crippen MR) is 81.8 cm³/mol. The summed E-state index contributed by atoms with van der Waals surface area (Å²) < 4.78 is 14.7. The van der Waals surface area contributed by atoms with Crippen LogP contribution in [0.4, 0.5) is 4.39 Å². The summed E-state index contributed by atoms with van der Waals surface area (Å²) in [5.74, 6) is -0.350. The van der Waals surface area contributed by atoms with Crippen LogP contribution in [0.5, 0.6) is 0 Å². The number of rotatable bonds is 4. The Labute approximate surface area is 127 Å². The molecule has 2 heterocycles. The maximum absolute atomic E-state index is 13.2. The Morgan fingerprint density at radius 3 is 2.73 bits per heavy atom. The number of aromatic nitrogens is 2. The number of carbonyl (C=O) groups excluding carboxylic acids is 1. The molecule has 0 aliphatic rings. The van der Waals surface area contributed by atoms with E-state index in [1.807, 2.05) is 30.3 Å².